The van der Waals surface area contributed by atoms with E-state index in [9.17, 15) is 4.79 Å². The number of thiol groups is 2. The molecule has 1 rings (SSSR count). The summed E-state index contributed by atoms with van der Waals surface area (Å²) < 4.78 is 0. The first-order valence-corrected chi connectivity index (χ1v) is 4.72. The van der Waals surface area contributed by atoms with Crippen LogP contribution in [0.4, 0.5) is 15.4 Å². The number of aryl methyl sites for hydroxylation is 1. The molecule has 0 aliphatic heterocycles. The van der Waals surface area contributed by atoms with E-state index < -0.39 is 10.5 Å². The normalized spacial score (nSPS) is 8.47. The number of pyridine rings is 1. The summed E-state index contributed by atoms with van der Waals surface area (Å²) in [5.41, 5.74) is 5.39. The van der Waals surface area contributed by atoms with Crippen molar-refractivity contribution in [2.45, 2.75) is 6.92 Å². The van der Waals surface area contributed by atoms with Crippen LogP contribution in [0.15, 0.2) is 18.3 Å². The lowest BCUT2D eigenvalue weighted by atomic mass is 10.3. The molecule has 0 radical (unpaired) electrons. The maximum absolute atomic E-state index is 10.4. The minimum Gasteiger partial charge on any atom is -0.361 e. The van der Waals surface area contributed by atoms with Gasteiger partial charge in [-0.3, -0.25) is 9.59 Å². The van der Waals surface area contributed by atoms with Crippen LogP contribution in [0.1, 0.15) is 5.56 Å². The topological polar surface area (TPSA) is 85.1 Å². The lowest BCUT2D eigenvalue weighted by Crippen LogP contribution is -2.02. The summed E-state index contributed by atoms with van der Waals surface area (Å²) in [6.45, 7) is 1.93. The van der Waals surface area contributed by atoms with E-state index in [1.54, 1.807) is 12.3 Å². The highest BCUT2D eigenvalue weighted by Crippen LogP contribution is 2.03. The lowest BCUT2D eigenvalue weighted by Gasteiger charge is -1.98. The largest absolute Gasteiger partial charge is 0.361 e. The number of carbonyl (C=O) groups excluding carboxylic acids is 2. The van der Waals surface area contributed by atoms with Gasteiger partial charge >= 0.3 is 0 Å². The second kappa shape index (κ2) is 7.13. The van der Waals surface area contributed by atoms with Gasteiger partial charge in [0.1, 0.15) is 5.82 Å². The number of aromatic nitrogens is 1. The van der Waals surface area contributed by atoms with Gasteiger partial charge in [-0.1, -0.05) is 31.3 Å². The fraction of sp³-hybridized carbons (Fsp3) is 0.125. The second-order valence-electron chi connectivity index (χ2n) is 2.49. The maximum Gasteiger partial charge on any atom is 0.281 e. The van der Waals surface area contributed by atoms with Crippen molar-refractivity contribution < 1.29 is 9.59 Å². The number of hydrogen-bond acceptors (Lipinski definition) is 3. The third-order valence-electron chi connectivity index (χ3n) is 1.15. The molecule has 0 fully saturated rings. The first-order chi connectivity index (χ1) is 6.91. The molecular weight excluding hydrogens is 234 g/mol. The molecule has 1 heterocycles. The van der Waals surface area contributed by atoms with E-state index in [1.165, 1.54) is 0 Å². The summed E-state index contributed by atoms with van der Waals surface area (Å²) in [5, 5.41) is 1.41. The summed E-state index contributed by atoms with van der Waals surface area (Å²) in [6, 6.07) is 3.59. The molecule has 5 nitrogen and oxygen atoms in total. The Morgan fingerprint density at radius 2 is 1.93 bits per heavy atom. The predicted molar refractivity (Wildman–Crippen MR) is 65.5 cm³/mol. The molecule has 82 valence electrons. The van der Waals surface area contributed by atoms with E-state index in [-0.39, 0.29) is 0 Å². The fourth-order valence-electron chi connectivity index (χ4n) is 0.651. The Kier molecular flexibility index (Phi) is 6.56. The van der Waals surface area contributed by atoms with Crippen molar-refractivity contribution in [2.75, 3.05) is 5.32 Å². The predicted octanol–water partition coefficient (Wildman–Crippen LogP) is 1.85. The number of nitrogens with zero attached hydrogens (tertiary/aromatic N) is 1. The van der Waals surface area contributed by atoms with Crippen LogP contribution in [0.2, 0.25) is 0 Å². The highest BCUT2D eigenvalue weighted by atomic mass is 32.1. The minimum absolute atomic E-state index is 0.402. The van der Waals surface area contributed by atoms with Gasteiger partial charge in [0.2, 0.25) is 0 Å². The van der Waals surface area contributed by atoms with Gasteiger partial charge in [-0.05, 0) is 18.6 Å². The van der Waals surface area contributed by atoms with E-state index in [0.717, 1.165) is 5.56 Å². The highest BCUT2D eigenvalue weighted by molar-refractivity contribution is 7.97. The number of primary amides is 1. The van der Waals surface area contributed by atoms with Crippen molar-refractivity contribution in [1.82, 2.24) is 4.98 Å². The Balaban J connectivity index is 0.000000423. The summed E-state index contributed by atoms with van der Waals surface area (Å²) in [4.78, 5) is 23.4. The molecule has 2 amide bonds. The van der Waals surface area contributed by atoms with E-state index in [1.807, 2.05) is 13.0 Å². The molecule has 0 bridgehead atoms. The average Bonchev–Trinajstić information content (AvgIpc) is 2.07. The first kappa shape index (κ1) is 13.8. The fourth-order valence-corrected chi connectivity index (χ4v) is 0.766. The maximum atomic E-state index is 10.4. The Bertz CT molecular complexity index is 336. The standard InChI is InChI=1S/C7H8N2OS.CH3NOS/c1-5-2-3-6(8-4-5)9-7(10)11;2-1(3)4/h2-4H,1H3,(H2,8,9,10,11);(H3,2,3,4). The molecule has 0 saturated heterocycles. The number of carbonyl (C=O) groups is 2. The Morgan fingerprint density at radius 3 is 2.27 bits per heavy atom. The van der Waals surface area contributed by atoms with Gasteiger partial charge in [0.05, 0.1) is 0 Å². The molecule has 0 aliphatic carbocycles. The number of hydrogen-bond donors (Lipinski definition) is 4. The van der Waals surface area contributed by atoms with Crippen molar-refractivity contribution in [3.63, 3.8) is 0 Å². The van der Waals surface area contributed by atoms with Crippen molar-refractivity contribution in [2.24, 2.45) is 5.73 Å². The van der Waals surface area contributed by atoms with Gasteiger partial charge in [0.25, 0.3) is 10.5 Å². The molecular formula is C8H11N3O2S2. The summed E-state index contributed by atoms with van der Waals surface area (Å²) in [5.74, 6) is 0.524. The summed E-state index contributed by atoms with van der Waals surface area (Å²) in [7, 11) is 0. The average molecular weight is 245 g/mol. The molecule has 7 heteroatoms. The molecule has 0 aliphatic rings. The van der Waals surface area contributed by atoms with Crippen molar-refractivity contribution in [3.8, 4) is 0 Å². The SMILES string of the molecule is Cc1ccc(NC(=O)S)nc1.NC(=O)S. The second-order valence-corrected chi connectivity index (χ2v) is 3.34. The van der Waals surface area contributed by atoms with Gasteiger partial charge in [0.15, 0.2) is 0 Å². The van der Waals surface area contributed by atoms with Crippen molar-refractivity contribution >= 4 is 41.6 Å². The Labute approximate surface area is 98.3 Å². The van der Waals surface area contributed by atoms with Gasteiger partial charge in [-0.25, -0.2) is 4.98 Å². The van der Waals surface area contributed by atoms with Crippen LogP contribution in [0, 0.1) is 6.92 Å². The van der Waals surface area contributed by atoms with Crippen molar-refractivity contribution in [1.29, 1.82) is 0 Å². The third-order valence-corrected chi connectivity index (χ3v) is 1.26. The Hall–Kier alpha value is -1.21. The summed E-state index contributed by atoms with van der Waals surface area (Å²) in [6.07, 6.45) is 1.68. The van der Waals surface area contributed by atoms with Crippen LogP contribution >= 0.6 is 25.3 Å². The van der Waals surface area contributed by atoms with E-state index in [4.69, 9.17) is 4.79 Å². The number of nitrogens with two attached hydrogens (primary N) is 1. The number of amides is 2. The number of nitrogens with one attached hydrogen (secondary N) is 1. The molecule has 0 aromatic carbocycles. The molecule has 0 saturated carbocycles. The van der Waals surface area contributed by atoms with E-state index in [2.05, 4.69) is 41.3 Å². The zero-order valence-corrected chi connectivity index (χ0v) is 9.76. The smallest absolute Gasteiger partial charge is 0.281 e. The molecule has 1 aromatic heterocycles. The highest BCUT2D eigenvalue weighted by Gasteiger charge is 1.94. The van der Waals surface area contributed by atoms with E-state index in [0.29, 0.717) is 5.82 Å². The number of rotatable bonds is 1. The minimum atomic E-state index is -0.639. The zero-order valence-electron chi connectivity index (χ0n) is 7.97. The van der Waals surface area contributed by atoms with Crippen LogP contribution in [-0.2, 0) is 0 Å². The summed E-state index contributed by atoms with van der Waals surface area (Å²) >= 11 is 6.65. The van der Waals surface area contributed by atoms with Crippen LogP contribution < -0.4 is 11.1 Å². The molecule has 1 aromatic rings. The van der Waals surface area contributed by atoms with Gasteiger partial charge in [0, 0.05) is 6.20 Å². The van der Waals surface area contributed by atoms with Crippen LogP contribution in [-0.4, -0.2) is 15.5 Å². The number of anilines is 1. The van der Waals surface area contributed by atoms with Crippen LogP contribution in [0.3, 0.4) is 0 Å². The quantitative estimate of drug-likeness (QED) is 0.570. The molecule has 15 heavy (non-hydrogen) atoms. The van der Waals surface area contributed by atoms with Gasteiger partial charge in [-0.2, -0.15) is 0 Å². The van der Waals surface area contributed by atoms with E-state index >= 15 is 0 Å². The molecule has 3 N–H and O–H groups in total. The van der Waals surface area contributed by atoms with Crippen molar-refractivity contribution in [3.05, 3.63) is 23.9 Å². The molecule has 0 atom stereocenters. The van der Waals surface area contributed by atoms with Gasteiger partial charge in [-0.15, -0.1) is 0 Å². The third kappa shape index (κ3) is 9.10. The zero-order chi connectivity index (χ0) is 11.8. The monoisotopic (exact) mass is 245 g/mol. The van der Waals surface area contributed by atoms with Crippen LogP contribution in [0.5, 0.6) is 0 Å². The molecule has 0 unspecified atom stereocenters. The Morgan fingerprint density at radius 1 is 1.40 bits per heavy atom. The van der Waals surface area contributed by atoms with Gasteiger partial charge < -0.3 is 11.1 Å². The molecule has 0 spiro atoms. The van der Waals surface area contributed by atoms with Crippen LogP contribution in [0.25, 0.3) is 0 Å². The lowest BCUT2D eigenvalue weighted by molar-refractivity contribution is 0.267. The first-order valence-electron chi connectivity index (χ1n) is 3.83.